The number of aromatic hydroxyl groups is 2. The summed E-state index contributed by atoms with van der Waals surface area (Å²) < 4.78 is 5.17. The zero-order chi connectivity index (χ0) is 19.5. The van der Waals surface area contributed by atoms with E-state index in [9.17, 15) is 9.59 Å². The average Bonchev–Trinajstić information content (AvgIpc) is 2.72. The van der Waals surface area contributed by atoms with Crippen molar-refractivity contribution in [2.45, 2.75) is 0 Å². The van der Waals surface area contributed by atoms with Gasteiger partial charge in [-0.2, -0.15) is 0 Å². The number of benzene rings is 3. The number of phenolic OH excluding ortho intramolecular Hbond substituents is 2. The Morgan fingerprint density at radius 3 is 1.26 bits per heavy atom. The minimum absolute atomic E-state index is 0.0808. The van der Waals surface area contributed by atoms with Crippen LogP contribution in [-0.2, 0) is 4.74 Å². The standard InChI is InChI=1S/C16H14O3.C6H6O2/c17-15(13-7-3-1-4-8-13)11-19-12-16(18)14-9-5-2-6-10-14;7-5-1-2-6(8)4-3-5/h1-10H,11-12H2;1-4,7-8H. The summed E-state index contributed by atoms with van der Waals surface area (Å²) in [4.78, 5) is 23.5. The first kappa shape index (κ1) is 19.9. The summed E-state index contributed by atoms with van der Waals surface area (Å²) in [5.41, 5.74) is 1.18. The first-order chi connectivity index (χ1) is 13.1. The van der Waals surface area contributed by atoms with Gasteiger partial charge in [-0.15, -0.1) is 0 Å². The number of carbonyl (C=O) groups excluding carboxylic acids is 2. The predicted octanol–water partition coefficient (Wildman–Crippen LogP) is 3.87. The molecule has 3 aromatic carbocycles. The monoisotopic (exact) mass is 364 g/mol. The van der Waals surface area contributed by atoms with Crippen molar-refractivity contribution in [3.05, 3.63) is 96.1 Å². The van der Waals surface area contributed by atoms with Crippen LogP contribution >= 0.6 is 0 Å². The lowest BCUT2D eigenvalue weighted by Crippen LogP contribution is -2.15. The summed E-state index contributed by atoms with van der Waals surface area (Å²) in [6, 6.07) is 23.5. The molecule has 0 spiro atoms. The van der Waals surface area contributed by atoms with Crippen molar-refractivity contribution in [1.82, 2.24) is 0 Å². The van der Waals surface area contributed by atoms with Crippen molar-refractivity contribution in [1.29, 1.82) is 0 Å². The molecular weight excluding hydrogens is 344 g/mol. The van der Waals surface area contributed by atoms with Gasteiger partial charge in [0, 0.05) is 11.1 Å². The number of ether oxygens (including phenoxy) is 1. The van der Waals surface area contributed by atoms with E-state index in [0.29, 0.717) is 11.1 Å². The summed E-state index contributed by atoms with van der Waals surface area (Å²) in [7, 11) is 0. The highest BCUT2D eigenvalue weighted by atomic mass is 16.5. The second-order valence-electron chi connectivity index (χ2n) is 5.59. The molecule has 0 heterocycles. The van der Waals surface area contributed by atoms with Crippen LogP contribution in [0.1, 0.15) is 20.7 Å². The van der Waals surface area contributed by atoms with E-state index < -0.39 is 0 Å². The number of phenols is 2. The van der Waals surface area contributed by atoms with Crippen LogP contribution in [0.15, 0.2) is 84.9 Å². The van der Waals surface area contributed by atoms with Crippen LogP contribution in [0.25, 0.3) is 0 Å². The van der Waals surface area contributed by atoms with E-state index in [4.69, 9.17) is 14.9 Å². The Morgan fingerprint density at radius 2 is 0.926 bits per heavy atom. The molecule has 0 fully saturated rings. The van der Waals surface area contributed by atoms with Gasteiger partial charge < -0.3 is 14.9 Å². The Hall–Kier alpha value is -3.44. The van der Waals surface area contributed by atoms with Crippen LogP contribution in [0.5, 0.6) is 11.5 Å². The summed E-state index contributed by atoms with van der Waals surface area (Å²) in [6.45, 7) is -0.162. The maximum atomic E-state index is 11.7. The van der Waals surface area contributed by atoms with Crippen molar-refractivity contribution >= 4 is 11.6 Å². The molecule has 0 bridgehead atoms. The van der Waals surface area contributed by atoms with Gasteiger partial charge in [-0.1, -0.05) is 60.7 Å². The largest absolute Gasteiger partial charge is 0.508 e. The number of Topliss-reactive ketones (excluding diaryl/α,β-unsaturated/α-hetero) is 2. The van der Waals surface area contributed by atoms with Crippen molar-refractivity contribution in [3.63, 3.8) is 0 Å². The van der Waals surface area contributed by atoms with Gasteiger partial charge in [-0.05, 0) is 24.3 Å². The van der Waals surface area contributed by atoms with Gasteiger partial charge in [-0.3, -0.25) is 9.59 Å². The highest BCUT2D eigenvalue weighted by Gasteiger charge is 2.08. The van der Waals surface area contributed by atoms with E-state index in [1.807, 2.05) is 12.1 Å². The van der Waals surface area contributed by atoms with Gasteiger partial charge in [0.25, 0.3) is 0 Å². The molecule has 27 heavy (non-hydrogen) atoms. The van der Waals surface area contributed by atoms with E-state index in [2.05, 4.69) is 0 Å². The van der Waals surface area contributed by atoms with E-state index in [1.165, 1.54) is 24.3 Å². The molecule has 2 N–H and O–H groups in total. The normalized spacial score (nSPS) is 9.78. The van der Waals surface area contributed by atoms with Crippen LogP contribution in [0.3, 0.4) is 0 Å². The highest BCUT2D eigenvalue weighted by Crippen LogP contribution is 2.13. The second kappa shape index (κ2) is 10.5. The molecule has 3 rings (SSSR count). The summed E-state index contributed by atoms with van der Waals surface area (Å²) >= 11 is 0. The van der Waals surface area contributed by atoms with Crippen LogP contribution in [0, 0.1) is 0 Å². The molecule has 0 amide bonds. The Bertz CT molecular complexity index is 770. The van der Waals surface area contributed by atoms with E-state index in [0.717, 1.165) is 0 Å². The molecule has 0 aromatic heterocycles. The number of hydrogen-bond acceptors (Lipinski definition) is 5. The summed E-state index contributed by atoms with van der Waals surface area (Å²) in [5.74, 6) is 0.0912. The SMILES string of the molecule is O=C(COCC(=O)c1ccccc1)c1ccccc1.Oc1ccc(O)cc1. The van der Waals surface area contributed by atoms with Gasteiger partial charge in [0.1, 0.15) is 24.7 Å². The zero-order valence-corrected chi connectivity index (χ0v) is 14.6. The van der Waals surface area contributed by atoms with Crippen LogP contribution in [0.4, 0.5) is 0 Å². The molecule has 0 saturated heterocycles. The number of ketones is 2. The fourth-order valence-corrected chi connectivity index (χ4v) is 2.10. The zero-order valence-electron chi connectivity index (χ0n) is 14.6. The third kappa shape index (κ3) is 7.13. The predicted molar refractivity (Wildman–Crippen MR) is 102 cm³/mol. The first-order valence-electron chi connectivity index (χ1n) is 8.28. The third-order valence-corrected chi connectivity index (χ3v) is 3.51. The Labute approximate surface area is 157 Å². The Kier molecular flexibility index (Phi) is 7.75. The van der Waals surface area contributed by atoms with Gasteiger partial charge >= 0.3 is 0 Å². The van der Waals surface area contributed by atoms with Crippen molar-refractivity contribution in [3.8, 4) is 11.5 Å². The van der Waals surface area contributed by atoms with Crippen molar-refractivity contribution < 1.29 is 24.5 Å². The second-order valence-corrected chi connectivity index (χ2v) is 5.59. The lowest BCUT2D eigenvalue weighted by Gasteiger charge is -2.03. The first-order valence-corrected chi connectivity index (χ1v) is 8.28. The molecule has 0 radical (unpaired) electrons. The van der Waals surface area contributed by atoms with Gasteiger partial charge in [0.15, 0.2) is 11.6 Å². The average molecular weight is 364 g/mol. The molecule has 5 nitrogen and oxygen atoms in total. The van der Waals surface area contributed by atoms with Crippen molar-refractivity contribution in [2.75, 3.05) is 13.2 Å². The minimum Gasteiger partial charge on any atom is -0.508 e. The maximum absolute atomic E-state index is 11.7. The van der Waals surface area contributed by atoms with Crippen LogP contribution < -0.4 is 0 Å². The Balaban J connectivity index is 0.000000273. The topological polar surface area (TPSA) is 83.8 Å². The molecular formula is C22H20O5. The van der Waals surface area contributed by atoms with Crippen LogP contribution in [0.2, 0.25) is 0 Å². The highest BCUT2D eigenvalue weighted by molar-refractivity contribution is 5.98. The third-order valence-electron chi connectivity index (χ3n) is 3.51. The number of carbonyl (C=O) groups is 2. The molecule has 0 atom stereocenters. The number of hydrogen-bond donors (Lipinski definition) is 2. The molecule has 3 aromatic rings. The lowest BCUT2D eigenvalue weighted by molar-refractivity contribution is 0.0672. The van der Waals surface area contributed by atoms with Gasteiger partial charge in [0.05, 0.1) is 0 Å². The molecule has 138 valence electrons. The maximum Gasteiger partial charge on any atom is 0.188 e. The minimum atomic E-state index is -0.124. The van der Waals surface area contributed by atoms with Crippen molar-refractivity contribution in [2.24, 2.45) is 0 Å². The fourth-order valence-electron chi connectivity index (χ4n) is 2.10. The molecule has 0 aliphatic rings. The van der Waals surface area contributed by atoms with Gasteiger partial charge in [0.2, 0.25) is 0 Å². The summed E-state index contributed by atoms with van der Waals surface area (Å²) in [6.07, 6.45) is 0. The smallest absolute Gasteiger partial charge is 0.188 e. The Morgan fingerprint density at radius 1 is 0.593 bits per heavy atom. The number of rotatable bonds is 6. The van der Waals surface area contributed by atoms with E-state index in [-0.39, 0.29) is 36.3 Å². The molecule has 5 heteroatoms. The quantitative estimate of drug-likeness (QED) is 0.512. The van der Waals surface area contributed by atoms with E-state index in [1.54, 1.807) is 48.5 Å². The van der Waals surface area contributed by atoms with Gasteiger partial charge in [-0.25, -0.2) is 0 Å². The molecule has 0 aliphatic heterocycles. The van der Waals surface area contributed by atoms with E-state index >= 15 is 0 Å². The lowest BCUT2D eigenvalue weighted by atomic mass is 10.1. The van der Waals surface area contributed by atoms with Crippen LogP contribution in [-0.4, -0.2) is 35.0 Å². The fraction of sp³-hybridized carbons (Fsp3) is 0.0909. The molecule has 0 saturated carbocycles. The summed E-state index contributed by atoms with van der Waals surface area (Å²) in [5, 5.41) is 17.3. The molecule has 0 unspecified atom stereocenters. The molecule has 0 aliphatic carbocycles.